The maximum Gasteiger partial charge on any atom is 0.0405 e. The fourth-order valence-corrected chi connectivity index (χ4v) is 1.84. The van der Waals surface area contributed by atoms with Gasteiger partial charge in [-0.15, -0.1) is 0 Å². The molecule has 14 heavy (non-hydrogen) atoms. The summed E-state index contributed by atoms with van der Waals surface area (Å²) in [6.07, 6.45) is 4.40. The predicted octanol–water partition coefficient (Wildman–Crippen LogP) is 2.26. The minimum absolute atomic E-state index is 0.887. The van der Waals surface area contributed by atoms with Crippen LogP contribution in [0.25, 0.3) is 0 Å². The molecule has 1 aromatic carbocycles. The van der Waals surface area contributed by atoms with Crippen LogP contribution in [0.3, 0.4) is 0 Å². The van der Waals surface area contributed by atoms with Crippen molar-refractivity contribution in [3.63, 3.8) is 0 Å². The van der Waals surface area contributed by atoms with Crippen LogP contribution in [0.1, 0.15) is 11.1 Å². The van der Waals surface area contributed by atoms with Crippen molar-refractivity contribution >= 4 is 11.4 Å². The molecule has 2 N–H and O–H groups in total. The van der Waals surface area contributed by atoms with E-state index in [9.17, 15) is 0 Å². The third-order valence-corrected chi connectivity index (χ3v) is 2.74. The Hall–Kier alpha value is -1.44. The van der Waals surface area contributed by atoms with E-state index >= 15 is 0 Å². The summed E-state index contributed by atoms with van der Waals surface area (Å²) >= 11 is 0. The van der Waals surface area contributed by atoms with Crippen molar-refractivity contribution in [3.8, 4) is 0 Å². The molecule has 0 bridgehead atoms. The topological polar surface area (TPSA) is 29.3 Å². The standard InChI is InChI=1S/C12H16N2/c1-9-8-12(10(2)7-11(9)13)14-5-3-4-6-14/h3-4,7-8H,5-6,13H2,1-2H3. The summed E-state index contributed by atoms with van der Waals surface area (Å²) in [6, 6.07) is 4.24. The maximum absolute atomic E-state index is 5.85. The number of rotatable bonds is 1. The van der Waals surface area contributed by atoms with Gasteiger partial charge in [0, 0.05) is 24.5 Å². The van der Waals surface area contributed by atoms with Gasteiger partial charge in [0.25, 0.3) is 0 Å². The summed E-state index contributed by atoms with van der Waals surface area (Å²) in [7, 11) is 0. The van der Waals surface area contributed by atoms with Gasteiger partial charge < -0.3 is 10.6 Å². The minimum atomic E-state index is 0.887. The van der Waals surface area contributed by atoms with Gasteiger partial charge in [0.05, 0.1) is 0 Å². The molecule has 0 aromatic heterocycles. The number of hydrogen-bond acceptors (Lipinski definition) is 2. The van der Waals surface area contributed by atoms with Crippen molar-refractivity contribution in [3.05, 3.63) is 35.4 Å². The van der Waals surface area contributed by atoms with E-state index in [4.69, 9.17) is 5.73 Å². The van der Waals surface area contributed by atoms with Crippen molar-refractivity contribution < 1.29 is 0 Å². The molecule has 74 valence electrons. The molecular weight excluding hydrogens is 172 g/mol. The largest absolute Gasteiger partial charge is 0.399 e. The number of hydrogen-bond donors (Lipinski definition) is 1. The lowest BCUT2D eigenvalue weighted by atomic mass is 10.1. The second kappa shape index (κ2) is 3.37. The Kier molecular flexibility index (Phi) is 2.20. The lowest BCUT2D eigenvalue weighted by Crippen LogP contribution is -2.19. The molecule has 1 aliphatic rings. The normalized spacial score (nSPS) is 15.1. The van der Waals surface area contributed by atoms with Crippen LogP contribution in [0.5, 0.6) is 0 Å². The molecule has 1 heterocycles. The Morgan fingerprint density at radius 2 is 1.71 bits per heavy atom. The summed E-state index contributed by atoms with van der Waals surface area (Å²) in [5, 5.41) is 0. The van der Waals surface area contributed by atoms with Crippen LogP contribution in [0.4, 0.5) is 11.4 Å². The Labute approximate surface area is 85.0 Å². The van der Waals surface area contributed by atoms with E-state index in [-0.39, 0.29) is 0 Å². The fraction of sp³-hybridized carbons (Fsp3) is 0.333. The summed E-state index contributed by atoms with van der Waals surface area (Å²) < 4.78 is 0. The first-order valence-corrected chi connectivity index (χ1v) is 4.95. The number of benzene rings is 1. The molecule has 2 heteroatoms. The smallest absolute Gasteiger partial charge is 0.0405 e. The van der Waals surface area contributed by atoms with Crippen molar-refractivity contribution in [2.45, 2.75) is 13.8 Å². The van der Waals surface area contributed by atoms with Gasteiger partial charge in [-0.25, -0.2) is 0 Å². The highest BCUT2D eigenvalue weighted by molar-refractivity contribution is 5.64. The van der Waals surface area contributed by atoms with Gasteiger partial charge in [-0.2, -0.15) is 0 Å². The maximum atomic E-state index is 5.85. The average molecular weight is 188 g/mol. The Balaban J connectivity index is 2.38. The van der Waals surface area contributed by atoms with Gasteiger partial charge in [-0.05, 0) is 37.1 Å². The first-order chi connectivity index (χ1) is 6.68. The SMILES string of the molecule is Cc1cc(N2CC=CC2)c(C)cc1N. The van der Waals surface area contributed by atoms with E-state index in [1.807, 2.05) is 0 Å². The van der Waals surface area contributed by atoms with Crippen LogP contribution in [0.2, 0.25) is 0 Å². The molecule has 1 aliphatic heterocycles. The van der Waals surface area contributed by atoms with Gasteiger partial charge >= 0.3 is 0 Å². The summed E-state index contributed by atoms with van der Waals surface area (Å²) in [6.45, 7) is 6.21. The van der Waals surface area contributed by atoms with Crippen LogP contribution >= 0.6 is 0 Å². The molecule has 1 aromatic rings. The highest BCUT2D eigenvalue weighted by Gasteiger charge is 2.11. The third kappa shape index (κ3) is 1.48. The van der Waals surface area contributed by atoms with Crippen LogP contribution in [-0.2, 0) is 0 Å². The molecule has 0 radical (unpaired) electrons. The van der Waals surface area contributed by atoms with E-state index in [1.54, 1.807) is 0 Å². The molecule has 0 unspecified atom stereocenters. The Bertz CT molecular complexity index is 372. The number of anilines is 2. The number of aryl methyl sites for hydroxylation is 2. The minimum Gasteiger partial charge on any atom is -0.399 e. The van der Waals surface area contributed by atoms with Crippen LogP contribution < -0.4 is 10.6 Å². The van der Waals surface area contributed by atoms with Gasteiger partial charge in [-0.1, -0.05) is 12.2 Å². The highest BCUT2D eigenvalue weighted by atomic mass is 15.1. The Morgan fingerprint density at radius 1 is 1.07 bits per heavy atom. The summed E-state index contributed by atoms with van der Waals surface area (Å²) in [5.74, 6) is 0. The number of nitrogens with zero attached hydrogens (tertiary/aromatic N) is 1. The first-order valence-electron chi connectivity index (χ1n) is 4.95. The van der Waals surface area contributed by atoms with Crippen LogP contribution in [-0.4, -0.2) is 13.1 Å². The lowest BCUT2D eigenvalue weighted by molar-refractivity contribution is 0.996. The van der Waals surface area contributed by atoms with Crippen LogP contribution in [0.15, 0.2) is 24.3 Å². The molecule has 0 amide bonds. The van der Waals surface area contributed by atoms with E-state index in [1.165, 1.54) is 11.3 Å². The van der Waals surface area contributed by atoms with E-state index < -0.39 is 0 Å². The molecule has 0 saturated heterocycles. The van der Waals surface area contributed by atoms with Gasteiger partial charge in [0.2, 0.25) is 0 Å². The first kappa shape index (κ1) is 9.13. The molecule has 0 atom stereocenters. The zero-order valence-electron chi connectivity index (χ0n) is 8.75. The fourth-order valence-electron chi connectivity index (χ4n) is 1.84. The van der Waals surface area contributed by atoms with Gasteiger partial charge in [0.15, 0.2) is 0 Å². The number of nitrogen functional groups attached to an aromatic ring is 1. The highest BCUT2D eigenvalue weighted by Crippen LogP contribution is 2.26. The second-order valence-corrected chi connectivity index (χ2v) is 3.87. The van der Waals surface area contributed by atoms with Gasteiger partial charge in [-0.3, -0.25) is 0 Å². The molecule has 2 nitrogen and oxygen atoms in total. The Morgan fingerprint density at radius 3 is 2.36 bits per heavy atom. The van der Waals surface area contributed by atoms with Gasteiger partial charge in [0.1, 0.15) is 0 Å². The van der Waals surface area contributed by atoms with Crippen molar-refractivity contribution in [2.24, 2.45) is 0 Å². The molecule has 0 aliphatic carbocycles. The molecule has 0 saturated carbocycles. The molecule has 0 spiro atoms. The lowest BCUT2D eigenvalue weighted by Gasteiger charge is -2.21. The summed E-state index contributed by atoms with van der Waals surface area (Å²) in [5.41, 5.74) is 10.5. The zero-order valence-corrected chi connectivity index (χ0v) is 8.75. The average Bonchev–Trinajstić information content (AvgIpc) is 2.64. The molecule has 0 fully saturated rings. The quantitative estimate of drug-likeness (QED) is 0.541. The van der Waals surface area contributed by atoms with Crippen LogP contribution in [0, 0.1) is 13.8 Å². The molecular formula is C12H16N2. The van der Waals surface area contributed by atoms with E-state index in [2.05, 4.69) is 43.0 Å². The third-order valence-electron chi connectivity index (χ3n) is 2.74. The summed E-state index contributed by atoms with van der Waals surface area (Å²) in [4.78, 5) is 2.35. The predicted molar refractivity (Wildman–Crippen MR) is 61.7 cm³/mol. The molecule has 2 rings (SSSR count). The van der Waals surface area contributed by atoms with E-state index in [0.29, 0.717) is 0 Å². The van der Waals surface area contributed by atoms with Crippen molar-refractivity contribution in [1.29, 1.82) is 0 Å². The monoisotopic (exact) mass is 188 g/mol. The van der Waals surface area contributed by atoms with E-state index in [0.717, 1.165) is 24.3 Å². The number of nitrogens with two attached hydrogens (primary N) is 1. The van der Waals surface area contributed by atoms with Crippen molar-refractivity contribution in [1.82, 2.24) is 0 Å². The second-order valence-electron chi connectivity index (χ2n) is 3.87. The zero-order chi connectivity index (χ0) is 10.1. The van der Waals surface area contributed by atoms with Crippen molar-refractivity contribution in [2.75, 3.05) is 23.7 Å².